The average molecular weight is 409 g/mol. The number of amides is 1. The van der Waals surface area contributed by atoms with E-state index in [9.17, 15) is 9.18 Å². The van der Waals surface area contributed by atoms with Crippen LogP contribution in [0.25, 0.3) is 0 Å². The van der Waals surface area contributed by atoms with Gasteiger partial charge in [0.2, 0.25) is 0 Å². The van der Waals surface area contributed by atoms with Crippen molar-refractivity contribution in [2.75, 3.05) is 18.5 Å². The smallest absolute Gasteiger partial charge is 0.258 e. The molecule has 0 radical (unpaired) electrons. The summed E-state index contributed by atoms with van der Waals surface area (Å²) in [5.74, 6) is 0.402. The lowest BCUT2D eigenvalue weighted by Crippen LogP contribution is -2.43. The average Bonchev–Trinajstić information content (AvgIpc) is 2.61. The number of anilines is 1. The third-order valence-electron chi connectivity index (χ3n) is 3.60. The standard InChI is InChI=1S/C21H26ClFN2O3/c1-5-27-19-10-14(12-24-15-7-8-17(23)16(22)11-15)6-9-18(19)28-13-20(26)25-21(2,3)4/h6-11,24H,5,12-13H2,1-4H3,(H,25,26). The fourth-order valence-corrected chi connectivity index (χ4v) is 2.64. The van der Waals surface area contributed by atoms with Gasteiger partial charge in [0.15, 0.2) is 18.1 Å². The van der Waals surface area contributed by atoms with Crippen molar-refractivity contribution in [3.05, 3.63) is 52.8 Å². The van der Waals surface area contributed by atoms with Gasteiger partial charge in [0.1, 0.15) is 5.82 Å². The quantitative estimate of drug-likeness (QED) is 0.659. The van der Waals surface area contributed by atoms with Crippen molar-refractivity contribution in [1.29, 1.82) is 0 Å². The van der Waals surface area contributed by atoms with Crippen molar-refractivity contribution in [3.8, 4) is 11.5 Å². The summed E-state index contributed by atoms with van der Waals surface area (Å²) >= 11 is 5.80. The Morgan fingerprint density at radius 3 is 2.50 bits per heavy atom. The molecule has 1 amide bonds. The highest BCUT2D eigenvalue weighted by Crippen LogP contribution is 2.29. The molecular formula is C21H26ClFN2O3. The van der Waals surface area contributed by atoms with Crippen molar-refractivity contribution in [2.24, 2.45) is 0 Å². The fraction of sp³-hybridized carbons (Fsp3) is 0.381. The van der Waals surface area contributed by atoms with E-state index in [1.165, 1.54) is 12.1 Å². The Kier molecular flexibility index (Phi) is 7.52. The van der Waals surface area contributed by atoms with Gasteiger partial charge in [-0.1, -0.05) is 17.7 Å². The van der Waals surface area contributed by atoms with Crippen LogP contribution in [-0.2, 0) is 11.3 Å². The SMILES string of the molecule is CCOc1cc(CNc2ccc(F)c(Cl)c2)ccc1OCC(=O)NC(C)(C)C. The van der Waals surface area contributed by atoms with Crippen LogP contribution in [0.1, 0.15) is 33.3 Å². The van der Waals surface area contributed by atoms with Crippen molar-refractivity contribution in [3.63, 3.8) is 0 Å². The molecule has 7 heteroatoms. The molecular weight excluding hydrogens is 383 g/mol. The molecule has 0 aliphatic carbocycles. The number of hydrogen-bond donors (Lipinski definition) is 2. The van der Waals surface area contributed by atoms with E-state index in [-0.39, 0.29) is 23.1 Å². The molecule has 0 heterocycles. The summed E-state index contributed by atoms with van der Waals surface area (Å²) in [6.07, 6.45) is 0. The first kappa shape index (κ1) is 21.8. The Hall–Kier alpha value is -2.47. The van der Waals surface area contributed by atoms with Crippen molar-refractivity contribution < 1.29 is 18.7 Å². The maximum atomic E-state index is 13.2. The molecule has 0 spiro atoms. The lowest BCUT2D eigenvalue weighted by atomic mass is 10.1. The van der Waals surface area contributed by atoms with E-state index in [1.54, 1.807) is 12.1 Å². The highest BCUT2D eigenvalue weighted by Gasteiger charge is 2.15. The van der Waals surface area contributed by atoms with Gasteiger partial charge in [-0.25, -0.2) is 4.39 Å². The summed E-state index contributed by atoms with van der Waals surface area (Å²) in [7, 11) is 0. The zero-order valence-corrected chi connectivity index (χ0v) is 17.3. The first-order valence-corrected chi connectivity index (χ1v) is 9.44. The van der Waals surface area contributed by atoms with Gasteiger partial charge in [-0.15, -0.1) is 0 Å². The number of nitrogens with one attached hydrogen (secondary N) is 2. The van der Waals surface area contributed by atoms with Crippen LogP contribution < -0.4 is 20.1 Å². The molecule has 0 fully saturated rings. The van der Waals surface area contributed by atoms with Crippen molar-refractivity contribution >= 4 is 23.2 Å². The first-order chi connectivity index (χ1) is 13.2. The first-order valence-electron chi connectivity index (χ1n) is 9.06. The van der Waals surface area contributed by atoms with E-state index in [2.05, 4.69) is 10.6 Å². The number of ether oxygens (including phenoxy) is 2. The van der Waals surface area contributed by atoms with Crippen LogP contribution in [0.4, 0.5) is 10.1 Å². The summed E-state index contributed by atoms with van der Waals surface area (Å²) in [5, 5.41) is 6.10. The Balaban J connectivity index is 2.02. The second-order valence-electron chi connectivity index (χ2n) is 7.28. The highest BCUT2D eigenvalue weighted by atomic mass is 35.5. The minimum absolute atomic E-state index is 0.0669. The van der Waals surface area contributed by atoms with Crippen LogP contribution in [0.5, 0.6) is 11.5 Å². The van der Waals surface area contributed by atoms with Gasteiger partial charge in [0.05, 0.1) is 11.6 Å². The van der Waals surface area contributed by atoms with E-state index < -0.39 is 5.82 Å². The zero-order chi connectivity index (χ0) is 20.7. The molecule has 0 bridgehead atoms. The Bertz CT molecular complexity index is 822. The molecule has 152 valence electrons. The number of benzene rings is 2. The Labute approximate surface area is 170 Å². The fourth-order valence-electron chi connectivity index (χ4n) is 2.46. The summed E-state index contributed by atoms with van der Waals surface area (Å²) in [6, 6.07) is 9.96. The molecule has 0 aliphatic rings. The number of hydrogen-bond acceptors (Lipinski definition) is 4. The monoisotopic (exact) mass is 408 g/mol. The van der Waals surface area contributed by atoms with Crippen molar-refractivity contribution in [2.45, 2.75) is 39.8 Å². The van der Waals surface area contributed by atoms with Crippen molar-refractivity contribution in [1.82, 2.24) is 5.32 Å². The molecule has 0 atom stereocenters. The van der Waals surface area contributed by atoms with Crippen LogP contribution in [-0.4, -0.2) is 24.7 Å². The Morgan fingerprint density at radius 1 is 1.11 bits per heavy atom. The number of rotatable bonds is 8. The van der Waals surface area contributed by atoms with E-state index in [4.69, 9.17) is 21.1 Å². The number of halogens is 2. The molecule has 2 N–H and O–H groups in total. The summed E-state index contributed by atoms with van der Waals surface area (Å²) in [6.45, 7) is 8.47. The third kappa shape index (κ3) is 6.93. The van der Waals surface area contributed by atoms with Crippen LogP contribution in [0.3, 0.4) is 0 Å². The topological polar surface area (TPSA) is 59.6 Å². The molecule has 28 heavy (non-hydrogen) atoms. The van der Waals surface area contributed by atoms with E-state index in [0.29, 0.717) is 30.3 Å². The molecule has 0 saturated heterocycles. The summed E-state index contributed by atoms with van der Waals surface area (Å²) in [5.41, 5.74) is 1.33. The van der Waals surface area contributed by atoms with Gasteiger partial charge < -0.3 is 20.1 Å². The van der Waals surface area contributed by atoms with Crippen LogP contribution in [0.15, 0.2) is 36.4 Å². The molecule has 0 aliphatic heterocycles. The van der Waals surface area contributed by atoms with E-state index in [1.807, 2.05) is 39.8 Å². The van der Waals surface area contributed by atoms with Gasteiger partial charge >= 0.3 is 0 Å². The number of carbonyl (C=O) groups excluding carboxylic acids is 1. The largest absolute Gasteiger partial charge is 0.490 e. The third-order valence-corrected chi connectivity index (χ3v) is 3.89. The molecule has 0 unspecified atom stereocenters. The lowest BCUT2D eigenvalue weighted by Gasteiger charge is -2.21. The van der Waals surface area contributed by atoms with E-state index in [0.717, 1.165) is 5.56 Å². The minimum atomic E-state index is -0.456. The molecule has 2 rings (SSSR count). The summed E-state index contributed by atoms with van der Waals surface area (Å²) < 4.78 is 24.5. The van der Waals surface area contributed by atoms with E-state index >= 15 is 0 Å². The predicted molar refractivity (Wildman–Crippen MR) is 110 cm³/mol. The van der Waals surface area contributed by atoms with Gasteiger partial charge in [0.25, 0.3) is 5.91 Å². The number of carbonyl (C=O) groups is 1. The summed E-state index contributed by atoms with van der Waals surface area (Å²) in [4.78, 5) is 12.0. The highest BCUT2D eigenvalue weighted by molar-refractivity contribution is 6.31. The zero-order valence-electron chi connectivity index (χ0n) is 16.6. The van der Waals surface area contributed by atoms with Crippen LogP contribution in [0.2, 0.25) is 5.02 Å². The normalized spacial score (nSPS) is 11.1. The molecule has 5 nitrogen and oxygen atoms in total. The molecule has 2 aromatic carbocycles. The van der Waals surface area contributed by atoms with Gasteiger partial charge in [-0.3, -0.25) is 4.79 Å². The van der Waals surface area contributed by atoms with Gasteiger partial charge in [-0.2, -0.15) is 0 Å². The van der Waals surface area contributed by atoms with Crippen LogP contribution >= 0.6 is 11.6 Å². The second-order valence-corrected chi connectivity index (χ2v) is 7.69. The molecule has 2 aromatic rings. The maximum Gasteiger partial charge on any atom is 0.258 e. The second kappa shape index (κ2) is 9.64. The minimum Gasteiger partial charge on any atom is -0.490 e. The maximum absolute atomic E-state index is 13.2. The molecule has 0 aromatic heterocycles. The predicted octanol–water partition coefficient (Wildman–Crippen LogP) is 4.78. The molecule has 0 saturated carbocycles. The Morgan fingerprint density at radius 2 is 1.86 bits per heavy atom. The van der Waals surface area contributed by atoms with Gasteiger partial charge in [-0.05, 0) is 63.6 Å². The lowest BCUT2D eigenvalue weighted by molar-refractivity contribution is -0.124. The van der Waals surface area contributed by atoms with Gasteiger partial charge in [0, 0.05) is 17.8 Å². The van der Waals surface area contributed by atoms with Crippen LogP contribution in [0, 0.1) is 5.82 Å².